The maximum Gasteiger partial charge on any atom is 0.232 e. The molecule has 23 heavy (non-hydrogen) atoms. The topological polar surface area (TPSA) is 93.2 Å². The second-order valence-corrected chi connectivity index (χ2v) is 7.48. The molecule has 126 valence electrons. The normalized spacial score (nSPS) is 11.4. The van der Waals surface area contributed by atoms with Gasteiger partial charge in [0.1, 0.15) is 5.82 Å². The molecule has 0 spiro atoms. The smallest absolute Gasteiger partial charge is 0.232 e. The number of nitrogens with zero attached hydrogens (tertiary/aromatic N) is 2. The molecule has 0 saturated carbocycles. The Hall–Kier alpha value is -1.71. The zero-order chi connectivity index (χ0) is 16.7. The Kier molecular flexibility index (Phi) is 6.31. The van der Waals surface area contributed by atoms with E-state index in [0.29, 0.717) is 30.3 Å². The molecule has 0 saturated heterocycles. The fourth-order valence-corrected chi connectivity index (χ4v) is 3.61. The quantitative estimate of drug-likeness (QED) is 0.717. The van der Waals surface area contributed by atoms with Crippen LogP contribution in [0.1, 0.15) is 19.2 Å². The van der Waals surface area contributed by atoms with E-state index in [1.165, 1.54) is 11.5 Å². The fourth-order valence-electron chi connectivity index (χ4n) is 1.84. The van der Waals surface area contributed by atoms with E-state index < -0.39 is 10.0 Å². The van der Waals surface area contributed by atoms with Crippen LogP contribution in [0, 0.1) is 0 Å². The van der Waals surface area contributed by atoms with Crippen LogP contribution in [-0.4, -0.2) is 37.2 Å². The van der Waals surface area contributed by atoms with E-state index in [-0.39, 0.29) is 5.75 Å². The van der Waals surface area contributed by atoms with Gasteiger partial charge in [-0.2, -0.15) is 4.37 Å². The van der Waals surface area contributed by atoms with E-state index in [2.05, 4.69) is 19.4 Å². The SMILES string of the molecule is CCCS(=O)(=O)Nc1ccc(Nc2nc(CCOC)ns2)cc1. The van der Waals surface area contributed by atoms with Gasteiger partial charge in [-0.15, -0.1) is 0 Å². The van der Waals surface area contributed by atoms with E-state index in [0.717, 1.165) is 11.5 Å². The Morgan fingerprint density at radius 3 is 2.57 bits per heavy atom. The van der Waals surface area contributed by atoms with Crippen LogP contribution in [-0.2, 0) is 21.2 Å². The number of aromatic nitrogens is 2. The second-order valence-electron chi connectivity index (χ2n) is 4.88. The average Bonchev–Trinajstić information content (AvgIpc) is 2.94. The minimum absolute atomic E-state index is 0.113. The summed E-state index contributed by atoms with van der Waals surface area (Å²) in [5.41, 5.74) is 1.36. The minimum atomic E-state index is -3.26. The third kappa shape index (κ3) is 5.77. The highest BCUT2D eigenvalue weighted by Crippen LogP contribution is 2.21. The first-order chi connectivity index (χ1) is 11.0. The zero-order valence-electron chi connectivity index (χ0n) is 13.1. The molecule has 0 fully saturated rings. The molecule has 1 heterocycles. The fraction of sp³-hybridized carbons (Fsp3) is 0.429. The lowest BCUT2D eigenvalue weighted by molar-refractivity contribution is 0.201. The predicted octanol–water partition coefficient (Wildman–Crippen LogP) is 2.62. The van der Waals surface area contributed by atoms with Crippen molar-refractivity contribution in [1.29, 1.82) is 0 Å². The highest BCUT2D eigenvalue weighted by Gasteiger charge is 2.09. The van der Waals surface area contributed by atoms with Crippen molar-refractivity contribution < 1.29 is 13.2 Å². The number of anilines is 3. The van der Waals surface area contributed by atoms with Crippen molar-refractivity contribution >= 4 is 38.1 Å². The average molecular weight is 356 g/mol. The minimum Gasteiger partial charge on any atom is -0.384 e. The van der Waals surface area contributed by atoms with Gasteiger partial charge in [0.05, 0.1) is 12.4 Å². The Morgan fingerprint density at radius 1 is 1.22 bits per heavy atom. The molecular formula is C14H20N4O3S2. The van der Waals surface area contributed by atoms with Crippen LogP contribution >= 0.6 is 11.5 Å². The van der Waals surface area contributed by atoms with Gasteiger partial charge in [-0.25, -0.2) is 13.4 Å². The van der Waals surface area contributed by atoms with Gasteiger partial charge in [0, 0.05) is 36.4 Å². The lowest BCUT2D eigenvalue weighted by Gasteiger charge is -2.08. The van der Waals surface area contributed by atoms with Crippen molar-refractivity contribution in [3.63, 3.8) is 0 Å². The molecule has 9 heteroatoms. The first-order valence-corrected chi connectivity index (χ1v) is 9.64. The number of methoxy groups -OCH3 is 1. The van der Waals surface area contributed by atoms with Gasteiger partial charge < -0.3 is 10.1 Å². The van der Waals surface area contributed by atoms with Crippen molar-refractivity contribution in [3.8, 4) is 0 Å². The van der Waals surface area contributed by atoms with Crippen molar-refractivity contribution in [2.75, 3.05) is 29.5 Å². The molecule has 0 atom stereocenters. The number of rotatable bonds is 9. The summed E-state index contributed by atoms with van der Waals surface area (Å²) in [6.45, 7) is 2.41. The molecule has 7 nitrogen and oxygen atoms in total. The zero-order valence-corrected chi connectivity index (χ0v) is 14.7. The monoisotopic (exact) mass is 356 g/mol. The number of nitrogens with one attached hydrogen (secondary N) is 2. The van der Waals surface area contributed by atoms with Gasteiger partial charge in [0.15, 0.2) is 0 Å². The lowest BCUT2D eigenvalue weighted by Crippen LogP contribution is -2.15. The highest BCUT2D eigenvalue weighted by atomic mass is 32.2. The molecule has 0 aliphatic heterocycles. The van der Waals surface area contributed by atoms with Gasteiger partial charge in [0.2, 0.25) is 15.2 Å². The molecule has 2 N–H and O–H groups in total. The Labute approximate surface area is 140 Å². The maximum atomic E-state index is 11.7. The number of ether oxygens (including phenoxy) is 1. The summed E-state index contributed by atoms with van der Waals surface area (Å²) in [5.74, 6) is 0.852. The van der Waals surface area contributed by atoms with Crippen molar-refractivity contribution in [2.24, 2.45) is 0 Å². The first kappa shape index (κ1) is 17.6. The van der Waals surface area contributed by atoms with E-state index in [1.807, 2.05) is 6.92 Å². The summed E-state index contributed by atoms with van der Waals surface area (Å²) >= 11 is 1.28. The summed E-state index contributed by atoms with van der Waals surface area (Å²) < 4.78 is 35.2. The summed E-state index contributed by atoms with van der Waals surface area (Å²) in [7, 11) is -1.62. The van der Waals surface area contributed by atoms with E-state index in [9.17, 15) is 8.42 Å². The molecule has 0 amide bonds. The maximum absolute atomic E-state index is 11.7. The van der Waals surface area contributed by atoms with Crippen molar-refractivity contribution in [2.45, 2.75) is 19.8 Å². The second kappa shape index (κ2) is 8.23. The molecular weight excluding hydrogens is 336 g/mol. The first-order valence-electron chi connectivity index (χ1n) is 7.21. The van der Waals surface area contributed by atoms with Crippen molar-refractivity contribution in [1.82, 2.24) is 9.36 Å². The van der Waals surface area contributed by atoms with Crippen molar-refractivity contribution in [3.05, 3.63) is 30.1 Å². The third-order valence-electron chi connectivity index (χ3n) is 2.88. The van der Waals surface area contributed by atoms with Crippen LogP contribution in [0.4, 0.5) is 16.5 Å². The summed E-state index contributed by atoms with van der Waals surface area (Å²) in [5, 5.41) is 3.83. The largest absolute Gasteiger partial charge is 0.384 e. The van der Waals surface area contributed by atoms with Crippen LogP contribution in [0.25, 0.3) is 0 Å². The molecule has 0 aliphatic rings. The molecule has 2 rings (SSSR count). The summed E-state index contributed by atoms with van der Waals surface area (Å²) in [4.78, 5) is 4.35. The van der Waals surface area contributed by atoms with Gasteiger partial charge in [-0.1, -0.05) is 6.92 Å². The molecule has 1 aromatic heterocycles. The molecule has 0 unspecified atom stereocenters. The van der Waals surface area contributed by atoms with Crippen LogP contribution in [0.15, 0.2) is 24.3 Å². The third-order valence-corrected chi connectivity index (χ3v) is 5.04. The number of hydrogen-bond donors (Lipinski definition) is 2. The lowest BCUT2D eigenvalue weighted by atomic mass is 10.3. The molecule has 1 aromatic carbocycles. The number of benzene rings is 1. The molecule has 0 radical (unpaired) electrons. The highest BCUT2D eigenvalue weighted by molar-refractivity contribution is 7.92. The molecule has 2 aromatic rings. The Balaban J connectivity index is 1.96. The van der Waals surface area contributed by atoms with Crippen LogP contribution < -0.4 is 10.0 Å². The summed E-state index contributed by atoms with van der Waals surface area (Å²) in [6, 6.07) is 7.00. The van der Waals surface area contributed by atoms with E-state index >= 15 is 0 Å². The summed E-state index contributed by atoms with van der Waals surface area (Å²) in [6.07, 6.45) is 1.25. The Bertz CT molecular complexity index is 714. The van der Waals surface area contributed by atoms with Gasteiger partial charge in [-0.3, -0.25) is 4.72 Å². The van der Waals surface area contributed by atoms with Gasteiger partial charge >= 0.3 is 0 Å². The molecule has 0 bridgehead atoms. The van der Waals surface area contributed by atoms with E-state index in [4.69, 9.17) is 4.74 Å². The van der Waals surface area contributed by atoms with Gasteiger partial charge in [-0.05, 0) is 30.7 Å². The Morgan fingerprint density at radius 2 is 1.91 bits per heavy atom. The van der Waals surface area contributed by atoms with Crippen LogP contribution in [0.2, 0.25) is 0 Å². The van der Waals surface area contributed by atoms with Crippen LogP contribution in [0.3, 0.4) is 0 Å². The number of sulfonamides is 1. The van der Waals surface area contributed by atoms with E-state index in [1.54, 1.807) is 31.4 Å². The molecule has 0 aliphatic carbocycles. The van der Waals surface area contributed by atoms with Crippen LogP contribution in [0.5, 0.6) is 0 Å². The predicted molar refractivity (Wildman–Crippen MR) is 92.9 cm³/mol. The van der Waals surface area contributed by atoms with Gasteiger partial charge in [0.25, 0.3) is 0 Å². The standard InChI is InChI=1S/C14H20N4O3S2/c1-3-10-23(19,20)18-12-6-4-11(5-7-12)15-14-16-13(17-22-14)8-9-21-2/h4-7,18H,3,8-10H2,1-2H3,(H,15,16,17). The number of hydrogen-bond acceptors (Lipinski definition) is 7.